The molecule has 1 aliphatic heterocycles. The lowest BCUT2D eigenvalue weighted by Gasteiger charge is -2.18. The van der Waals surface area contributed by atoms with E-state index in [1.165, 1.54) is 0 Å². The number of ether oxygens (including phenoxy) is 2. The number of hydrogen-bond donors (Lipinski definition) is 1. The largest absolute Gasteiger partial charge is 0.496 e. The van der Waals surface area contributed by atoms with Crippen molar-refractivity contribution in [2.75, 3.05) is 32.7 Å². The summed E-state index contributed by atoms with van der Waals surface area (Å²) in [5.74, 6) is 1.08. The second kappa shape index (κ2) is 4.94. The van der Waals surface area contributed by atoms with Crippen LogP contribution in [0.3, 0.4) is 0 Å². The van der Waals surface area contributed by atoms with E-state index >= 15 is 0 Å². The molecule has 0 bridgehead atoms. The Balaban J connectivity index is 2.28. The fraction of sp³-hybridized carbons (Fsp3) is 0.538. The fourth-order valence-electron chi connectivity index (χ4n) is 2.14. The molecular weight excluding hydrogens is 218 g/mol. The molecule has 1 aliphatic rings. The quantitative estimate of drug-likeness (QED) is 0.866. The van der Waals surface area contributed by atoms with Crippen LogP contribution in [0.25, 0.3) is 0 Å². The van der Waals surface area contributed by atoms with Crippen molar-refractivity contribution < 1.29 is 14.6 Å². The first-order valence-corrected chi connectivity index (χ1v) is 5.76. The van der Waals surface area contributed by atoms with Crippen LogP contribution in [0.2, 0.25) is 0 Å². The van der Waals surface area contributed by atoms with Gasteiger partial charge in [-0.05, 0) is 11.6 Å². The minimum atomic E-state index is -0.641. The lowest BCUT2D eigenvalue weighted by Crippen LogP contribution is -2.10. The number of aliphatic hydroxyl groups is 1. The van der Waals surface area contributed by atoms with Crippen molar-refractivity contribution in [3.05, 3.63) is 23.8 Å². The van der Waals surface area contributed by atoms with Gasteiger partial charge in [-0.2, -0.15) is 0 Å². The summed E-state index contributed by atoms with van der Waals surface area (Å²) in [5.41, 5.74) is 2.21. The molecule has 1 saturated heterocycles. The first-order chi connectivity index (χ1) is 8.11. The molecule has 2 rings (SSSR count). The van der Waals surface area contributed by atoms with E-state index < -0.39 is 6.29 Å². The maximum absolute atomic E-state index is 9.40. The predicted molar refractivity (Wildman–Crippen MR) is 66.6 cm³/mol. The summed E-state index contributed by atoms with van der Waals surface area (Å²) < 4.78 is 10.6. The summed E-state index contributed by atoms with van der Waals surface area (Å²) in [7, 11) is 5.66. The van der Waals surface area contributed by atoms with E-state index in [9.17, 15) is 5.11 Å². The number of anilines is 1. The van der Waals surface area contributed by atoms with Crippen molar-refractivity contribution in [1.29, 1.82) is 0 Å². The van der Waals surface area contributed by atoms with Gasteiger partial charge in [0.05, 0.1) is 13.7 Å². The lowest BCUT2D eigenvalue weighted by molar-refractivity contribution is -0.0590. The third-order valence-corrected chi connectivity index (χ3v) is 3.15. The molecule has 4 nitrogen and oxygen atoms in total. The Morgan fingerprint density at radius 2 is 2.18 bits per heavy atom. The first kappa shape index (κ1) is 12.2. The summed E-state index contributed by atoms with van der Waals surface area (Å²) in [6.07, 6.45) is -0.00395. The molecule has 1 aromatic rings. The highest BCUT2D eigenvalue weighted by atomic mass is 16.6. The molecule has 17 heavy (non-hydrogen) atoms. The van der Waals surface area contributed by atoms with Gasteiger partial charge in [-0.15, -0.1) is 0 Å². The standard InChI is InChI=1S/C13H19NO3/c1-14(2)10-4-5-11(12(7-10)16-3)9-6-13(15)17-8-9/h4-5,7,9,13,15H,6,8H2,1-3H3. The maximum Gasteiger partial charge on any atom is 0.155 e. The normalized spacial score (nSPS) is 23.8. The Morgan fingerprint density at radius 1 is 1.41 bits per heavy atom. The van der Waals surface area contributed by atoms with Gasteiger partial charge in [0.1, 0.15) is 5.75 Å². The summed E-state index contributed by atoms with van der Waals surface area (Å²) in [6, 6.07) is 6.13. The van der Waals surface area contributed by atoms with Crippen LogP contribution in [0.5, 0.6) is 5.75 Å². The summed E-state index contributed by atoms with van der Waals surface area (Å²) in [5, 5.41) is 9.40. The Labute approximate surface area is 102 Å². The topological polar surface area (TPSA) is 41.9 Å². The van der Waals surface area contributed by atoms with Crippen LogP contribution in [0.4, 0.5) is 5.69 Å². The van der Waals surface area contributed by atoms with Gasteiger partial charge in [-0.1, -0.05) is 6.07 Å². The third kappa shape index (κ3) is 2.53. The number of aliphatic hydroxyl groups excluding tert-OH is 1. The third-order valence-electron chi connectivity index (χ3n) is 3.15. The van der Waals surface area contributed by atoms with Crippen LogP contribution in [0.15, 0.2) is 18.2 Å². The van der Waals surface area contributed by atoms with E-state index in [4.69, 9.17) is 9.47 Å². The lowest BCUT2D eigenvalue weighted by atomic mass is 9.96. The van der Waals surface area contributed by atoms with Gasteiger partial charge in [0, 0.05) is 38.2 Å². The Kier molecular flexibility index (Phi) is 3.54. The summed E-state index contributed by atoms with van der Waals surface area (Å²) >= 11 is 0. The first-order valence-electron chi connectivity index (χ1n) is 5.76. The van der Waals surface area contributed by atoms with Gasteiger partial charge in [0.15, 0.2) is 6.29 Å². The highest BCUT2D eigenvalue weighted by molar-refractivity contribution is 5.54. The summed E-state index contributed by atoms with van der Waals surface area (Å²) in [6.45, 7) is 0.554. The molecule has 94 valence electrons. The molecule has 2 unspecified atom stereocenters. The zero-order valence-corrected chi connectivity index (χ0v) is 10.5. The highest BCUT2D eigenvalue weighted by Crippen LogP contribution is 2.36. The SMILES string of the molecule is COc1cc(N(C)C)ccc1C1COC(O)C1. The second-order valence-electron chi connectivity index (χ2n) is 4.54. The van der Waals surface area contributed by atoms with Crippen molar-refractivity contribution >= 4 is 5.69 Å². The van der Waals surface area contributed by atoms with Crippen molar-refractivity contribution in [3.63, 3.8) is 0 Å². The molecule has 1 heterocycles. The molecule has 0 amide bonds. The van der Waals surface area contributed by atoms with Crippen LogP contribution in [-0.2, 0) is 4.74 Å². The Morgan fingerprint density at radius 3 is 2.71 bits per heavy atom. The van der Waals surface area contributed by atoms with Gasteiger partial charge in [-0.25, -0.2) is 0 Å². The predicted octanol–water partition coefficient (Wildman–Crippen LogP) is 1.58. The van der Waals surface area contributed by atoms with Gasteiger partial charge in [-0.3, -0.25) is 0 Å². The second-order valence-corrected chi connectivity index (χ2v) is 4.54. The number of nitrogens with zero attached hydrogens (tertiary/aromatic N) is 1. The molecule has 1 N–H and O–H groups in total. The number of methoxy groups -OCH3 is 1. The molecule has 1 fully saturated rings. The van der Waals surface area contributed by atoms with Gasteiger partial charge >= 0.3 is 0 Å². The van der Waals surface area contributed by atoms with E-state index in [0.717, 1.165) is 17.0 Å². The number of rotatable bonds is 3. The molecule has 1 aromatic carbocycles. The molecule has 2 atom stereocenters. The Bertz CT molecular complexity index is 392. The van der Waals surface area contributed by atoms with Gasteiger partial charge in [0.25, 0.3) is 0 Å². The van der Waals surface area contributed by atoms with Crippen molar-refractivity contribution in [2.24, 2.45) is 0 Å². The zero-order chi connectivity index (χ0) is 12.4. The molecule has 0 saturated carbocycles. The van der Waals surface area contributed by atoms with Crippen molar-refractivity contribution in [3.8, 4) is 5.75 Å². The fourth-order valence-corrected chi connectivity index (χ4v) is 2.14. The monoisotopic (exact) mass is 237 g/mol. The number of hydrogen-bond acceptors (Lipinski definition) is 4. The average molecular weight is 237 g/mol. The van der Waals surface area contributed by atoms with Gasteiger partial charge < -0.3 is 19.5 Å². The van der Waals surface area contributed by atoms with Crippen LogP contribution in [0, 0.1) is 0 Å². The Hall–Kier alpha value is -1.26. The molecule has 0 aliphatic carbocycles. The van der Waals surface area contributed by atoms with E-state index in [1.807, 2.05) is 25.1 Å². The van der Waals surface area contributed by atoms with Crippen LogP contribution in [0.1, 0.15) is 17.9 Å². The van der Waals surface area contributed by atoms with E-state index in [2.05, 4.69) is 12.1 Å². The van der Waals surface area contributed by atoms with Crippen molar-refractivity contribution in [2.45, 2.75) is 18.6 Å². The average Bonchev–Trinajstić information content (AvgIpc) is 2.74. The smallest absolute Gasteiger partial charge is 0.155 e. The van der Waals surface area contributed by atoms with Crippen LogP contribution < -0.4 is 9.64 Å². The van der Waals surface area contributed by atoms with E-state index in [-0.39, 0.29) is 5.92 Å². The molecule has 0 aromatic heterocycles. The van der Waals surface area contributed by atoms with Crippen LogP contribution in [-0.4, -0.2) is 39.2 Å². The zero-order valence-electron chi connectivity index (χ0n) is 10.5. The minimum absolute atomic E-state index is 0.219. The van der Waals surface area contributed by atoms with Crippen molar-refractivity contribution in [1.82, 2.24) is 0 Å². The van der Waals surface area contributed by atoms with Gasteiger partial charge in [0.2, 0.25) is 0 Å². The molecule has 0 spiro atoms. The van der Waals surface area contributed by atoms with E-state index in [0.29, 0.717) is 13.0 Å². The highest BCUT2D eigenvalue weighted by Gasteiger charge is 2.27. The molecule has 0 radical (unpaired) electrons. The van der Waals surface area contributed by atoms with Crippen LogP contribution >= 0.6 is 0 Å². The molecule has 4 heteroatoms. The van der Waals surface area contributed by atoms with E-state index in [1.54, 1.807) is 7.11 Å². The molecular formula is C13H19NO3. The summed E-state index contributed by atoms with van der Waals surface area (Å²) in [4.78, 5) is 2.03. The number of benzene rings is 1. The maximum atomic E-state index is 9.40. The minimum Gasteiger partial charge on any atom is -0.496 e.